The summed E-state index contributed by atoms with van der Waals surface area (Å²) >= 11 is 0. The Balaban J connectivity index is 1.80. The number of nitrogens with one attached hydrogen (secondary N) is 1. The molecular formula is C37H44N2O9. The molecule has 0 radical (unpaired) electrons. The molecule has 0 aliphatic carbocycles. The zero-order valence-corrected chi connectivity index (χ0v) is 27.9. The molecule has 0 saturated heterocycles. The first-order valence-electron chi connectivity index (χ1n) is 16.1. The van der Waals surface area contributed by atoms with E-state index in [1.54, 1.807) is 37.4 Å². The van der Waals surface area contributed by atoms with Gasteiger partial charge in [-0.3, -0.25) is 14.6 Å². The van der Waals surface area contributed by atoms with E-state index >= 15 is 0 Å². The number of benzene rings is 2. The van der Waals surface area contributed by atoms with Crippen molar-refractivity contribution in [3.05, 3.63) is 76.6 Å². The summed E-state index contributed by atoms with van der Waals surface area (Å²) in [4.78, 5) is 43.6. The van der Waals surface area contributed by atoms with Crippen LogP contribution in [0.25, 0.3) is 6.08 Å². The molecule has 1 aliphatic heterocycles. The molecule has 2 heterocycles. The van der Waals surface area contributed by atoms with Gasteiger partial charge in [-0.15, -0.1) is 0 Å². The first kappa shape index (κ1) is 35.8. The van der Waals surface area contributed by atoms with Crippen molar-refractivity contribution in [1.29, 1.82) is 0 Å². The lowest BCUT2D eigenvalue weighted by Crippen LogP contribution is -2.28. The summed E-state index contributed by atoms with van der Waals surface area (Å²) < 4.78 is 22.4. The lowest BCUT2D eigenvalue weighted by atomic mass is 9.84. The summed E-state index contributed by atoms with van der Waals surface area (Å²) in [7, 11) is 4.39. The molecule has 0 bridgehead atoms. The molecule has 0 fully saturated rings. The third-order valence-corrected chi connectivity index (χ3v) is 8.31. The molecular weight excluding hydrogens is 616 g/mol. The molecule has 1 aliphatic rings. The highest BCUT2D eigenvalue weighted by atomic mass is 16.5. The van der Waals surface area contributed by atoms with E-state index in [1.807, 2.05) is 18.2 Å². The van der Waals surface area contributed by atoms with Crippen molar-refractivity contribution in [2.45, 2.75) is 70.3 Å². The first-order valence-corrected chi connectivity index (χ1v) is 16.1. The average Bonchev–Trinajstić information content (AvgIpc) is 3.06. The average molecular weight is 661 g/mol. The smallest absolute Gasteiger partial charge is 0.342 e. The number of carbonyl (C=O) groups is 3. The minimum absolute atomic E-state index is 0.0346. The van der Waals surface area contributed by atoms with E-state index in [9.17, 15) is 24.6 Å². The Labute approximate surface area is 280 Å². The van der Waals surface area contributed by atoms with E-state index in [1.165, 1.54) is 27.4 Å². The molecule has 0 saturated carbocycles. The number of hydrogen-bond donors (Lipinski definition) is 3. The number of amides is 1. The normalized spacial score (nSPS) is 16.2. The number of pyridine rings is 1. The number of cyclic esters (lactones) is 1. The zero-order valence-electron chi connectivity index (χ0n) is 27.9. The Morgan fingerprint density at radius 3 is 2.44 bits per heavy atom. The standard InChI is InChI=1S/C37H44N2O9/c1-23-11-10-15-27(40)14-7-5-6-12-24-19-29(41)34(35(43)33(24)37(44)48-23)28(22-32(42)39-18-16-26-13-8-9-17-38-26)25-20-30(45-2)36(47-4)31(21-25)46-3/h6,8-9,12-13,17,19-21,23,28,41,43H,5,7,10-11,14-16,18,22H2,1-4H3,(H,39,42). The van der Waals surface area contributed by atoms with E-state index in [2.05, 4.69) is 10.3 Å². The minimum Gasteiger partial charge on any atom is -0.507 e. The van der Waals surface area contributed by atoms with Gasteiger partial charge in [0.2, 0.25) is 11.7 Å². The number of esters is 1. The molecule has 1 aromatic heterocycles. The molecule has 4 rings (SSSR count). The third kappa shape index (κ3) is 9.05. The highest BCUT2D eigenvalue weighted by Gasteiger charge is 2.32. The number of fused-ring (bicyclic) bond motifs is 1. The highest BCUT2D eigenvalue weighted by molar-refractivity contribution is 5.98. The van der Waals surface area contributed by atoms with Gasteiger partial charge in [0.15, 0.2) is 11.5 Å². The van der Waals surface area contributed by atoms with Gasteiger partial charge < -0.3 is 34.5 Å². The number of phenolic OH excluding ortho intramolecular Hbond substituents is 2. The fraction of sp³-hybridized carbons (Fsp3) is 0.405. The van der Waals surface area contributed by atoms with E-state index < -0.39 is 23.7 Å². The van der Waals surface area contributed by atoms with Crippen molar-refractivity contribution in [2.75, 3.05) is 27.9 Å². The third-order valence-electron chi connectivity index (χ3n) is 8.31. The second-order valence-corrected chi connectivity index (χ2v) is 11.7. The van der Waals surface area contributed by atoms with Crippen molar-refractivity contribution < 1.29 is 43.5 Å². The number of rotatable bonds is 10. The van der Waals surface area contributed by atoms with E-state index in [-0.39, 0.29) is 40.6 Å². The molecule has 3 aromatic rings. The highest BCUT2D eigenvalue weighted by Crippen LogP contribution is 2.47. The van der Waals surface area contributed by atoms with Gasteiger partial charge in [0, 0.05) is 55.6 Å². The lowest BCUT2D eigenvalue weighted by molar-refractivity contribution is -0.121. The summed E-state index contributed by atoms with van der Waals surface area (Å²) in [5.41, 5.74) is 1.35. The van der Waals surface area contributed by atoms with Crippen molar-refractivity contribution in [2.24, 2.45) is 0 Å². The number of methoxy groups -OCH3 is 3. The molecule has 2 unspecified atom stereocenters. The predicted molar refractivity (Wildman–Crippen MR) is 180 cm³/mol. The summed E-state index contributed by atoms with van der Waals surface area (Å²) in [5, 5.41) is 26.3. The van der Waals surface area contributed by atoms with Crippen LogP contribution < -0.4 is 19.5 Å². The van der Waals surface area contributed by atoms with Crippen molar-refractivity contribution >= 4 is 23.7 Å². The van der Waals surface area contributed by atoms with Crippen LogP contribution in [-0.4, -0.2) is 66.8 Å². The molecule has 2 atom stereocenters. The second kappa shape index (κ2) is 17.2. The van der Waals surface area contributed by atoms with Crippen molar-refractivity contribution in [3.8, 4) is 28.7 Å². The van der Waals surface area contributed by atoms with Crippen LogP contribution in [0.4, 0.5) is 0 Å². The SMILES string of the molecule is COc1cc(C(CC(=O)NCCc2ccccn2)c2c(O)cc3c(c2O)C(=O)OC(C)CCCC(=O)CCCC=C3)cc(OC)c1OC. The molecule has 256 valence electrons. The monoisotopic (exact) mass is 660 g/mol. The van der Waals surface area contributed by atoms with E-state index in [0.29, 0.717) is 74.3 Å². The summed E-state index contributed by atoms with van der Waals surface area (Å²) in [6.07, 6.45) is 7.95. The van der Waals surface area contributed by atoms with Crippen LogP contribution in [-0.2, 0) is 20.7 Å². The summed E-state index contributed by atoms with van der Waals surface area (Å²) in [6, 6.07) is 10.2. The van der Waals surface area contributed by atoms with Crippen LogP contribution in [0.15, 0.2) is 48.7 Å². The van der Waals surface area contributed by atoms with Crippen LogP contribution >= 0.6 is 0 Å². The summed E-state index contributed by atoms with van der Waals surface area (Å²) in [6.45, 7) is 2.04. The number of aromatic nitrogens is 1. The van der Waals surface area contributed by atoms with Crippen LogP contribution in [0.2, 0.25) is 0 Å². The molecule has 1 amide bonds. The number of carbonyl (C=O) groups excluding carboxylic acids is 3. The van der Waals surface area contributed by atoms with Crippen LogP contribution in [0.3, 0.4) is 0 Å². The maximum atomic E-state index is 13.7. The molecule has 48 heavy (non-hydrogen) atoms. The Hall–Kier alpha value is -5.06. The number of aromatic hydroxyl groups is 2. The van der Waals surface area contributed by atoms with Gasteiger partial charge in [-0.1, -0.05) is 18.2 Å². The molecule has 2 aromatic carbocycles. The first-order chi connectivity index (χ1) is 23.2. The number of allylic oxidation sites excluding steroid dienone is 1. The number of ketones is 1. The molecule has 11 heteroatoms. The molecule has 3 N–H and O–H groups in total. The van der Waals surface area contributed by atoms with Gasteiger partial charge in [-0.2, -0.15) is 0 Å². The zero-order chi connectivity index (χ0) is 34.6. The van der Waals surface area contributed by atoms with Crippen LogP contribution in [0, 0.1) is 0 Å². The second-order valence-electron chi connectivity index (χ2n) is 11.7. The lowest BCUT2D eigenvalue weighted by Gasteiger charge is -2.24. The Morgan fingerprint density at radius 2 is 1.77 bits per heavy atom. The Morgan fingerprint density at radius 1 is 1.04 bits per heavy atom. The summed E-state index contributed by atoms with van der Waals surface area (Å²) in [5.74, 6) is -1.85. The Kier molecular flexibility index (Phi) is 12.8. The van der Waals surface area contributed by atoms with E-state index in [0.717, 1.165) is 5.69 Å². The van der Waals surface area contributed by atoms with Gasteiger partial charge in [-0.05, 0) is 74.1 Å². The Bertz CT molecular complexity index is 1600. The number of Topliss-reactive ketones (excluding diaryl/α,β-unsaturated/α-hetero) is 1. The van der Waals surface area contributed by atoms with Crippen LogP contribution in [0.1, 0.15) is 90.5 Å². The number of nitrogens with zero attached hydrogens (tertiary/aromatic N) is 1. The number of hydrogen-bond acceptors (Lipinski definition) is 10. The van der Waals surface area contributed by atoms with Crippen LogP contribution in [0.5, 0.6) is 28.7 Å². The molecule has 11 nitrogen and oxygen atoms in total. The quantitative estimate of drug-likeness (QED) is 0.225. The maximum absolute atomic E-state index is 13.7. The van der Waals surface area contributed by atoms with Gasteiger partial charge in [0.1, 0.15) is 22.8 Å². The van der Waals surface area contributed by atoms with Crippen molar-refractivity contribution in [1.82, 2.24) is 10.3 Å². The fourth-order valence-electron chi connectivity index (χ4n) is 5.84. The fourth-order valence-corrected chi connectivity index (χ4v) is 5.84. The van der Waals surface area contributed by atoms with Gasteiger partial charge in [0.05, 0.1) is 27.4 Å². The number of phenols is 2. The van der Waals surface area contributed by atoms with Gasteiger partial charge >= 0.3 is 5.97 Å². The van der Waals surface area contributed by atoms with E-state index in [4.69, 9.17) is 18.9 Å². The maximum Gasteiger partial charge on any atom is 0.342 e. The van der Waals surface area contributed by atoms with Gasteiger partial charge in [0.25, 0.3) is 0 Å². The topological polar surface area (TPSA) is 154 Å². The largest absolute Gasteiger partial charge is 0.507 e. The van der Waals surface area contributed by atoms with Gasteiger partial charge in [-0.25, -0.2) is 4.79 Å². The van der Waals surface area contributed by atoms with Crippen molar-refractivity contribution in [3.63, 3.8) is 0 Å². The molecule has 0 spiro atoms. The predicted octanol–water partition coefficient (Wildman–Crippen LogP) is 5.88. The number of ether oxygens (including phenoxy) is 4. The minimum atomic E-state index is -0.966.